The average molecular weight is 1150 g/mol. The zero-order chi connectivity index (χ0) is 63.4. The van der Waals surface area contributed by atoms with Gasteiger partial charge in [-0.3, -0.25) is 13.7 Å². The molecule has 0 spiro atoms. The van der Waals surface area contributed by atoms with Gasteiger partial charge in [0.2, 0.25) is 0 Å². The molecule has 18 rings (SSSR count). The minimum atomic E-state index is -0.467. The minimum Gasteiger partial charge on any atom is -0.458 e. The fourth-order valence-electron chi connectivity index (χ4n) is 13.8. The van der Waals surface area contributed by atoms with Crippen LogP contribution in [0, 0.1) is 6.33 Å². The first-order valence-electron chi connectivity index (χ1n) is 32.5. The van der Waals surface area contributed by atoms with Gasteiger partial charge in [-0.15, -0.1) is 0 Å². The van der Waals surface area contributed by atoms with Crippen LogP contribution in [0.5, 0.6) is 11.5 Å². The molecule has 7 heteroatoms. The summed E-state index contributed by atoms with van der Waals surface area (Å²) in [6.45, 7) is 6.64. The Morgan fingerprint density at radius 2 is 1.07 bits per heavy atom. The van der Waals surface area contributed by atoms with Gasteiger partial charge in [0.25, 0.3) is 6.33 Å². The van der Waals surface area contributed by atoms with Crippen LogP contribution in [0.3, 0.4) is 0 Å². The molecule has 0 N–H and O–H groups in total. The van der Waals surface area contributed by atoms with Crippen molar-refractivity contribution in [2.75, 3.05) is 0 Å². The molecule has 0 atom stereocenters. The summed E-state index contributed by atoms with van der Waals surface area (Å²) in [5.41, 5.74) is 18.4. The Hall–Kier alpha value is -11.5. The molecule has 1 aliphatic rings. The topological polar surface area (TPSA) is 53.9 Å². The maximum atomic E-state index is 9.66. The third kappa shape index (κ3) is 7.98. The fourth-order valence-corrected chi connectivity index (χ4v) is 13.8. The summed E-state index contributed by atoms with van der Waals surface area (Å²) in [7, 11) is 0. The number of rotatable bonds is 7. The van der Waals surface area contributed by atoms with Crippen LogP contribution in [0.1, 0.15) is 33.2 Å². The van der Waals surface area contributed by atoms with Crippen molar-refractivity contribution in [3.05, 3.63) is 291 Å². The molecule has 12 aromatic carbocycles. The van der Waals surface area contributed by atoms with E-state index in [0.29, 0.717) is 22.7 Å². The standard InChI is InChI=1S/C82H55N5O2/c1-82(2,3)54-41-42-83-79(46-54)87-74-33-15-11-27-65(74)66-39-37-58(49-75(66)87)88-57-22-17-21-55(47-57)84-50-85-80-59(51-19-5-4-6-20-51)29-18-30-68(80)69-48-56(86-72-31-13-9-25-63(72)64-26-10-14-32-73(64)86)36-38-62(69)60-23-7-8-24-61(60)71-44-53(45-76(84)81(71)85)52-35-40-78-70(43-52)67-28-12-16-34-77(67)89-78/h4-49H,1-3H3/i4D,5D,6D,19D,20D. The van der Waals surface area contributed by atoms with Gasteiger partial charge in [-0.1, -0.05) is 191 Å². The van der Waals surface area contributed by atoms with Crippen LogP contribution in [-0.4, -0.2) is 18.7 Å². The van der Waals surface area contributed by atoms with Gasteiger partial charge in [-0.25, -0.2) is 4.98 Å². The van der Waals surface area contributed by atoms with E-state index in [1.54, 1.807) is 0 Å². The molecule has 0 saturated carbocycles. The van der Waals surface area contributed by atoms with Gasteiger partial charge < -0.3 is 13.7 Å². The van der Waals surface area contributed by atoms with Gasteiger partial charge >= 0.3 is 0 Å². The first-order chi connectivity index (χ1) is 45.8. The van der Waals surface area contributed by atoms with Gasteiger partial charge in [0.05, 0.1) is 51.3 Å². The Bertz CT molecular complexity index is 6020. The van der Waals surface area contributed by atoms with Crippen molar-refractivity contribution in [2.45, 2.75) is 26.2 Å². The third-order valence-electron chi connectivity index (χ3n) is 17.9. The monoisotopic (exact) mass is 1150 g/mol. The quantitative estimate of drug-likeness (QED) is 0.118. The molecule has 5 aromatic heterocycles. The van der Waals surface area contributed by atoms with Crippen LogP contribution < -0.4 is 9.30 Å². The molecule has 420 valence electrons. The number of para-hydroxylation sites is 5. The average Bonchev–Trinajstić information content (AvgIpc) is 1.52. The fraction of sp³-hybridized carbons (Fsp3) is 0.0488. The molecular formula is C82H55N5O2. The molecule has 0 radical (unpaired) electrons. The lowest BCUT2D eigenvalue weighted by atomic mass is 9.87. The normalized spacial score (nSPS) is 13.0. The van der Waals surface area contributed by atoms with E-state index >= 15 is 0 Å². The van der Waals surface area contributed by atoms with Crippen LogP contribution in [0.2, 0.25) is 0 Å². The number of fused-ring (bicyclic) bond motifs is 16. The first-order valence-corrected chi connectivity index (χ1v) is 30.0. The number of benzene rings is 12. The van der Waals surface area contributed by atoms with Crippen LogP contribution in [-0.2, 0) is 5.41 Å². The summed E-state index contributed by atoms with van der Waals surface area (Å²) in [5, 5.41) is 6.46. The predicted octanol–water partition coefficient (Wildman–Crippen LogP) is 20.9. The van der Waals surface area contributed by atoms with Gasteiger partial charge in [0, 0.05) is 50.3 Å². The van der Waals surface area contributed by atoms with E-state index in [-0.39, 0.29) is 23.1 Å². The molecule has 0 amide bonds. The summed E-state index contributed by atoms with van der Waals surface area (Å²) in [5.74, 6) is 2.04. The van der Waals surface area contributed by atoms with Gasteiger partial charge in [-0.05, 0) is 164 Å². The lowest BCUT2D eigenvalue weighted by Crippen LogP contribution is -2.32. The van der Waals surface area contributed by atoms with Crippen LogP contribution >= 0.6 is 0 Å². The third-order valence-corrected chi connectivity index (χ3v) is 17.9. The molecule has 0 saturated heterocycles. The molecule has 1 aliphatic heterocycles. The van der Waals surface area contributed by atoms with Crippen LogP contribution in [0.4, 0.5) is 0 Å². The van der Waals surface area contributed by atoms with Crippen LogP contribution in [0.25, 0.3) is 155 Å². The maximum Gasteiger partial charge on any atom is 0.269 e. The van der Waals surface area contributed by atoms with E-state index < -0.39 is 18.1 Å². The highest BCUT2D eigenvalue weighted by molar-refractivity contribution is 6.12. The second kappa shape index (κ2) is 19.5. The summed E-state index contributed by atoms with van der Waals surface area (Å²) >= 11 is 0. The largest absolute Gasteiger partial charge is 0.458 e. The second-order valence-electron chi connectivity index (χ2n) is 24.1. The van der Waals surface area contributed by atoms with E-state index in [1.807, 2.05) is 72.9 Å². The van der Waals surface area contributed by atoms with Crippen molar-refractivity contribution in [3.63, 3.8) is 0 Å². The number of aromatic nitrogens is 5. The summed E-state index contributed by atoms with van der Waals surface area (Å²) in [6, 6.07) is 82.0. The lowest BCUT2D eigenvalue weighted by Gasteiger charge is -2.20. The molecule has 0 unspecified atom stereocenters. The Labute approximate surface area is 520 Å². The van der Waals surface area contributed by atoms with E-state index in [9.17, 15) is 2.74 Å². The first kappa shape index (κ1) is 45.8. The summed E-state index contributed by atoms with van der Waals surface area (Å²) in [4.78, 5) is 4.94. The number of ether oxygens (including phenoxy) is 1. The summed E-state index contributed by atoms with van der Waals surface area (Å²) in [6.07, 6.45) is 5.83. The number of nitrogens with zero attached hydrogens (tertiary/aromatic N) is 5. The number of hydrogen-bond donors (Lipinski definition) is 0. The van der Waals surface area contributed by atoms with Gasteiger partial charge in [-0.2, -0.15) is 0 Å². The SMILES string of the molecule is [2H]c1c([2H])c([2H])c(-c2cccc3c2-[n+]2[c-]n(-c4cccc(Oc5ccc6c7ccccc7n(-c7cc(C(C)(C)C)ccn7)c6c5)c4)c4cc(-c5ccc6oc7ccccc7c6c5)cc(c42)-c2ccccc2-c2ccc(-n4c5ccccc5c5ccccc54)cc2-3)c([2H])c1[2H]. The lowest BCUT2D eigenvalue weighted by molar-refractivity contribution is -0.570. The van der Waals surface area contributed by atoms with Gasteiger partial charge in [0.1, 0.15) is 28.5 Å². The Kier molecular flexibility index (Phi) is 10.0. The van der Waals surface area contributed by atoms with Crippen molar-refractivity contribution in [1.82, 2.24) is 18.7 Å². The predicted molar refractivity (Wildman–Crippen MR) is 363 cm³/mol. The van der Waals surface area contributed by atoms with Crippen molar-refractivity contribution >= 4 is 76.6 Å². The maximum absolute atomic E-state index is 9.66. The zero-order valence-corrected chi connectivity index (χ0v) is 48.7. The Morgan fingerprint density at radius 1 is 0.427 bits per heavy atom. The van der Waals surface area contributed by atoms with E-state index in [1.165, 1.54) is 5.56 Å². The minimum absolute atomic E-state index is 0.0735. The smallest absolute Gasteiger partial charge is 0.269 e. The van der Waals surface area contributed by atoms with Gasteiger partial charge in [0.15, 0.2) is 0 Å². The van der Waals surface area contributed by atoms with Crippen LogP contribution in [0.15, 0.2) is 283 Å². The number of imidazole rings is 1. The number of hydrogen-bond acceptors (Lipinski definition) is 3. The van der Waals surface area contributed by atoms with E-state index in [2.05, 4.69) is 221 Å². The number of furan rings is 1. The van der Waals surface area contributed by atoms with E-state index in [4.69, 9.17) is 18.3 Å². The Morgan fingerprint density at radius 3 is 1.84 bits per heavy atom. The van der Waals surface area contributed by atoms with Crippen molar-refractivity contribution in [2.24, 2.45) is 0 Å². The molecule has 0 fully saturated rings. The molecule has 89 heavy (non-hydrogen) atoms. The second-order valence-corrected chi connectivity index (χ2v) is 24.1. The molecule has 7 nitrogen and oxygen atoms in total. The molecular weight excluding hydrogens is 1090 g/mol. The molecule has 17 aromatic rings. The molecule has 6 heterocycles. The van der Waals surface area contributed by atoms with Crippen molar-refractivity contribution < 1.29 is 20.6 Å². The van der Waals surface area contributed by atoms with Crippen molar-refractivity contribution in [3.8, 4) is 90.0 Å². The Balaban J connectivity index is 0.912. The zero-order valence-electron chi connectivity index (χ0n) is 53.7. The highest BCUT2D eigenvalue weighted by Crippen LogP contribution is 2.48. The van der Waals surface area contributed by atoms with E-state index in [0.717, 1.165) is 138 Å². The molecule has 0 bridgehead atoms. The highest BCUT2D eigenvalue weighted by atomic mass is 16.5. The summed E-state index contributed by atoms with van der Waals surface area (Å²) < 4.78 is 68.4. The van der Waals surface area contributed by atoms with Crippen molar-refractivity contribution in [1.29, 1.82) is 0 Å². The molecule has 0 aliphatic carbocycles. The number of pyridine rings is 1. The highest BCUT2D eigenvalue weighted by Gasteiger charge is 2.29.